The maximum absolute atomic E-state index is 12.5. The van der Waals surface area contributed by atoms with E-state index in [9.17, 15) is 4.79 Å². The molecule has 3 rings (SSSR count). The molecule has 7 nitrogen and oxygen atoms in total. The average Bonchev–Trinajstić information content (AvgIpc) is 2.92. The number of carbonyl (C=O) groups excluding carboxylic acids is 1. The predicted molar refractivity (Wildman–Crippen MR) is 100 cm³/mol. The molecule has 1 aromatic heterocycles. The van der Waals surface area contributed by atoms with Crippen LogP contribution in [0.1, 0.15) is 44.2 Å². The first-order chi connectivity index (χ1) is 12.7. The van der Waals surface area contributed by atoms with Crippen molar-refractivity contribution in [1.82, 2.24) is 25.3 Å². The maximum atomic E-state index is 12.5. The Kier molecular flexibility index (Phi) is 7.05. The molecule has 1 aliphatic carbocycles. The van der Waals surface area contributed by atoms with Crippen LogP contribution >= 0.6 is 0 Å². The van der Waals surface area contributed by atoms with Crippen molar-refractivity contribution in [2.45, 2.75) is 51.5 Å². The number of urea groups is 1. The van der Waals surface area contributed by atoms with Crippen molar-refractivity contribution < 1.29 is 9.53 Å². The van der Waals surface area contributed by atoms with Gasteiger partial charge in [0.1, 0.15) is 6.61 Å². The highest BCUT2D eigenvalue weighted by Crippen LogP contribution is 2.17. The Morgan fingerprint density at radius 1 is 1.12 bits per heavy atom. The molecule has 0 unspecified atom stereocenters. The van der Waals surface area contributed by atoms with Crippen molar-refractivity contribution in [3.05, 3.63) is 17.8 Å². The molecule has 2 amide bonds. The van der Waals surface area contributed by atoms with Gasteiger partial charge in [0.2, 0.25) is 5.88 Å². The standard InChI is InChI=1S/C19H31N5O2/c1-16-8-9-18(22-21-16)26-15-14-23-10-12-24(13-11-23)19(25)20-17-6-4-2-3-5-7-17/h8-9,17H,2-7,10-15H2,1H3,(H,20,25). The summed E-state index contributed by atoms with van der Waals surface area (Å²) in [6, 6.07) is 4.22. The molecular formula is C19H31N5O2. The van der Waals surface area contributed by atoms with Crippen LogP contribution < -0.4 is 10.1 Å². The van der Waals surface area contributed by atoms with Crippen molar-refractivity contribution in [2.24, 2.45) is 0 Å². The fraction of sp³-hybridized carbons (Fsp3) is 0.737. The van der Waals surface area contributed by atoms with E-state index in [2.05, 4.69) is 20.4 Å². The lowest BCUT2D eigenvalue weighted by Crippen LogP contribution is -2.53. The lowest BCUT2D eigenvalue weighted by Gasteiger charge is -2.35. The van der Waals surface area contributed by atoms with Gasteiger partial charge in [-0.15, -0.1) is 5.10 Å². The van der Waals surface area contributed by atoms with Crippen LogP contribution in [-0.2, 0) is 0 Å². The number of nitrogens with one attached hydrogen (secondary N) is 1. The van der Waals surface area contributed by atoms with E-state index in [1.54, 1.807) is 0 Å². The highest BCUT2D eigenvalue weighted by molar-refractivity contribution is 5.74. The summed E-state index contributed by atoms with van der Waals surface area (Å²) < 4.78 is 5.64. The van der Waals surface area contributed by atoms with E-state index >= 15 is 0 Å². The lowest BCUT2D eigenvalue weighted by molar-refractivity contribution is 0.123. The fourth-order valence-corrected chi connectivity index (χ4v) is 3.61. The first-order valence-corrected chi connectivity index (χ1v) is 9.91. The summed E-state index contributed by atoms with van der Waals surface area (Å²) in [5.41, 5.74) is 0.885. The number of hydrogen-bond acceptors (Lipinski definition) is 5. The Labute approximate surface area is 156 Å². The predicted octanol–water partition coefficient (Wildman–Crippen LogP) is 2.21. The number of rotatable bonds is 5. The van der Waals surface area contributed by atoms with Crippen LogP contribution in [0.2, 0.25) is 0 Å². The quantitative estimate of drug-likeness (QED) is 0.814. The van der Waals surface area contributed by atoms with Crippen molar-refractivity contribution in [2.75, 3.05) is 39.3 Å². The monoisotopic (exact) mass is 361 g/mol. The third-order valence-corrected chi connectivity index (χ3v) is 5.27. The first kappa shape index (κ1) is 18.9. The van der Waals surface area contributed by atoms with Gasteiger partial charge in [-0.25, -0.2) is 4.79 Å². The molecule has 0 atom stereocenters. The van der Waals surface area contributed by atoms with E-state index < -0.39 is 0 Å². The molecular weight excluding hydrogens is 330 g/mol. The van der Waals surface area contributed by atoms with Crippen molar-refractivity contribution in [3.8, 4) is 5.88 Å². The molecule has 1 saturated heterocycles. The van der Waals surface area contributed by atoms with E-state index in [0.717, 1.165) is 51.3 Å². The molecule has 0 spiro atoms. The van der Waals surface area contributed by atoms with Crippen LogP contribution in [0.15, 0.2) is 12.1 Å². The van der Waals surface area contributed by atoms with Gasteiger partial charge >= 0.3 is 6.03 Å². The average molecular weight is 361 g/mol. The number of aryl methyl sites for hydroxylation is 1. The molecule has 144 valence electrons. The second kappa shape index (κ2) is 9.71. The second-order valence-corrected chi connectivity index (χ2v) is 7.33. The maximum Gasteiger partial charge on any atom is 0.317 e. The summed E-state index contributed by atoms with van der Waals surface area (Å²) in [6.07, 6.45) is 7.35. The van der Waals surface area contributed by atoms with E-state index in [4.69, 9.17) is 4.74 Å². The van der Waals surface area contributed by atoms with Gasteiger partial charge in [0.05, 0.1) is 5.69 Å². The van der Waals surface area contributed by atoms with Crippen molar-refractivity contribution in [3.63, 3.8) is 0 Å². The third kappa shape index (κ3) is 5.83. The van der Waals surface area contributed by atoms with Crippen LogP contribution in [0, 0.1) is 6.92 Å². The highest BCUT2D eigenvalue weighted by Gasteiger charge is 2.23. The minimum absolute atomic E-state index is 0.114. The highest BCUT2D eigenvalue weighted by atomic mass is 16.5. The van der Waals surface area contributed by atoms with Crippen molar-refractivity contribution in [1.29, 1.82) is 0 Å². The minimum Gasteiger partial charge on any atom is -0.475 e. The number of aromatic nitrogens is 2. The van der Waals surface area contributed by atoms with Gasteiger partial charge in [0.15, 0.2) is 0 Å². The van der Waals surface area contributed by atoms with Gasteiger partial charge in [-0.1, -0.05) is 25.7 Å². The summed E-state index contributed by atoms with van der Waals surface area (Å²) in [5, 5.41) is 11.2. The topological polar surface area (TPSA) is 70.6 Å². The molecule has 1 N–H and O–H groups in total. The molecule has 2 fully saturated rings. The summed E-state index contributed by atoms with van der Waals surface area (Å²) in [4.78, 5) is 16.8. The van der Waals surface area contributed by atoms with Crippen LogP contribution in [0.3, 0.4) is 0 Å². The summed E-state index contributed by atoms with van der Waals surface area (Å²) in [7, 11) is 0. The Bertz CT molecular complexity index is 550. The van der Waals surface area contributed by atoms with Gasteiger partial charge in [0, 0.05) is 44.8 Å². The van der Waals surface area contributed by atoms with Crippen molar-refractivity contribution >= 4 is 6.03 Å². The molecule has 2 heterocycles. The number of nitrogens with zero attached hydrogens (tertiary/aromatic N) is 4. The lowest BCUT2D eigenvalue weighted by atomic mass is 10.1. The van der Waals surface area contributed by atoms with Gasteiger partial charge in [-0.05, 0) is 25.8 Å². The van der Waals surface area contributed by atoms with Crippen LogP contribution in [0.25, 0.3) is 0 Å². The number of piperazine rings is 1. The molecule has 1 aliphatic heterocycles. The number of carbonyl (C=O) groups is 1. The zero-order chi connectivity index (χ0) is 18.2. The zero-order valence-electron chi connectivity index (χ0n) is 15.8. The molecule has 0 radical (unpaired) electrons. The Morgan fingerprint density at radius 2 is 1.85 bits per heavy atom. The van der Waals surface area contributed by atoms with Crippen LogP contribution in [0.4, 0.5) is 4.79 Å². The third-order valence-electron chi connectivity index (χ3n) is 5.27. The van der Waals surface area contributed by atoms with E-state index in [-0.39, 0.29) is 6.03 Å². The van der Waals surface area contributed by atoms with Gasteiger partial charge in [-0.2, -0.15) is 5.10 Å². The van der Waals surface area contributed by atoms with Gasteiger partial charge in [-0.3, -0.25) is 4.90 Å². The fourth-order valence-electron chi connectivity index (χ4n) is 3.61. The largest absolute Gasteiger partial charge is 0.475 e. The normalized spacial score (nSPS) is 19.8. The first-order valence-electron chi connectivity index (χ1n) is 9.91. The second-order valence-electron chi connectivity index (χ2n) is 7.33. The van der Waals surface area contributed by atoms with E-state index in [0.29, 0.717) is 18.5 Å². The Hall–Kier alpha value is -1.89. The van der Waals surface area contributed by atoms with E-state index in [1.807, 2.05) is 24.0 Å². The summed E-state index contributed by atoms with van der Waals surface area (Å²) >= 11 is 0. The minimum atomic E-state index is 0.114. The molecule has 7 heteroatoms. The smallest absolute Gasteiger partial charge is 0.317 e. The van der Waals surface area contributed by atoms with Gasteiger partial charge < -0.3 is 15.0 Å². The molecule has 1 saturated carbocycles. The van der Waals surface area contributed by atoms with Crippen LogP contribution in [0.5, 0.6) is 5.88 Å². The molecule has 1 aromatic rings. The number of ether oxygens (including phenoxy) is 1. The Morgan fingerprint density at radius 3 is 2.50 bits per heavy atom. The molecule has 0 aromatic carbocycles. The molecule has 2 aliphatic rings. The van der Waals surface area contributed by atoms with Crippen LogP contribution in [-0.4, -0.2) is 71.4 Å². The summed E-state index contributed by atoms with van der Waals surface area (Å²) in [6.45, 7) is 6.68. The molecule has 26 heavy (non-hydrogen) atoms. The zero-order valence-corrected chi connectivity index (χ0v) is 15.8. The summed E-state index contributed by atoms with van der Waals surface area (Å²) in [5.74, 6) is 0.567. The molecule has 0 bridgehead atoms. The number of amides is 2. The number of hydrogen-bond donors (Lipinski definition) is 1. The van der Waals surface area contributed by atoms with Gasteiger partial charge in [0.25, 0.3) is 0 Å². The van der Waals surface area contributed by atoms with E-state index in [1.165, 1.54) is 25.7 Å². The SMILES string of the molecule is Cc1ccc(OCCN2CCN(C(=O)NC3CCCCCC3)CC2)nn1. The Balaban J connectivity index is 1.33.